The van der Waals surface area contributed by atoms with Gasteiger partial charge in [-0.05, 0) is 117 Å². The number of carboxylic acids is 2. The number of aromatic amines is 1. The van der Waals surface area contributed by atoms with Crippen LogP contribution in [-0.4, -0.2) is 42.5 Å². The van der Waals surface area contributed by atoms with E-state index in [1.807, 2.05) is 27.7 Å². The Morgan fingerprint density at radius 2 is 1.15 bits per heavy atom. The summed E-state index contributed by atoms with van der Waals surface area (Å²) in [6.45, 7) is 7.81. The molecule has 0 aliphatic heterocycles. The predicted molar refractivity (Wildman–Crippen MR) is 187 cm³/mol. The first-order valence-corrected chi connectivity index (χ1v) is 17.0. The molecule has 0 amide bonds. The summed E-state index contributed by atoms with van der Waals surface area (Å²) < 4.78 is 13.9. The smallest absolute Gasteiger partial charge is 0.307 e. The average molecular weight is 911 g/mol. The summed E-state index contributed by atoms with van der Waals surface area (Å²) in [6, 6.07) is 10.1. The normalized spacial score (nSPS) is 10.8. The second kappa shape index (κ2) is 16.8. The van der Waals surface area contributed by atoms with Crippen LogP contribution in [0.1, 0.15) is 61.8 Å². The van der Waals surface area contributed by atoms with Crippen LogP contribution in [0, 0.1) is 0 Å². The Hall–Kier alpha value is -2.85. The zero-order chi connectivity index (χ0) is 34.3. The number of benzene rings is 2. The second-order valence-electron chi connectivity index (χ2n) is 10.4. The van der Waals surface area contributed by atoms with E-state index in [1.54, 1.807) is 36.4 Å². The highest BCUT2D eigenvalue weighted by Gasteiger charge is 2.16. The van der Waals surface area contributed by atoms with E-state index >= 15 is 0 Å². The minimum absolute atomic E-state index is 0.0360. The van der Waals surface area contributed by atoms with Gasteiger partial charge in [-0.1, -0.05) is 39.3 Å². The quantitative estimate of drug-likeness (QED) is 0.140. The van der Waals surface area contributed by atoms with Gasteiger partial charge in [0.15, 0.2) is 16.7 Å². The van der Waals surface area contributed by atoms with Gasteiger partial charge in [0.1, 0.15) is 0 Å². The first kappa shape index (κ1) is 37.6. The molecule has 0 saturated heterocycles. The SMILES string of the molecule is CC(C)c1cc(Oc2c(Br)cc(CC(=O)O)cc2Br)n[nH]c1=O.CC(C)c1cc(Oc2c(Br)cc(CC(=O)O)cc2Br)nnc1Cl. The van der Waals surface area contributed by atoms with Gasteiger partial charge in [0.05, 0.1) is 30.7 Å². The van der Waals surface area contributed by atoms with Gasteiger partial charge >= 0.3 is 11.9 Å². The van der Waals surface area contributed by atoms with Crippen LogP contribution in [0.2, 0.25) is 5.15 Å². The molecule has 2 heterocycles. The molecule has 0 atom stereocenters. The van der Waals surface area contributed by atoms with Crippen LogP contribution in [-0.2, 0) is 22.4 Å². The van der Waals surface area contributed by atoms with Crippen LogP contribution >= 0.6 is 75.3 Å². The molecule has 0 bridgehead atoms. The van der Waals surface area contributed by atoms with Gasteiger partial charge in [0.2, 0.25) is 11.8 Å². The number of carboxylic acid groups (broad SMARTS) is 2. The number of rotatable bonds is 10. The number of carbonyl (C=O) groups is 2. The monoisotopic (exact) mass is 906 g/mol. The molecule has 46 heavy (non-hydrogen) atoms. The van der Waals surface area contributed by atoms with Gasteiger partial charge in [0.25, 0.3) is 5.56 Å². The number of nitrogens with one attached hydrogen (secondary N) is 1. The Bertz CT molecular complexity index is 1770. The van der Waals surface area contributed by atoms with Crippen LogP contribution in [0.5, 0.6) is 23.3 Å². The topological polar surface area (TPSA) is 165 Å². The van der Waals surface area contributed by atoms with E-state index in [-0.39, 0.29) is 36.1 Å². The molecule has 2 aromatic carbocycles. The highest BCUT2D eigenvalue weighted by molar-refractivity contribution is 9.11. The zero-order valence-electron chi connectivity index (χ0n) is 24.7. The van der Waals surface area contributed by atoms with Crippen LogP contribution in [0.3, 0.4) is 0 Å². The van der Waals surface area contributed by atoms with Crippen LogP contribution < -0.4 is 15.0 Å². The Balaban J connectivity index is 0.000000250. The number of halogens is 5. The third-order valence-electron chi connectivity index (χ3n) is 6.05. The lowest BCUT2D eigenvalue weighted by Crippen LogP contribution is -2.15. The van der Waals surface area contributed by atoms with Crippen molar-refractivity contribution in [1.29, 1.82) is 0 Å². The molecular weight excluding hydrogens is 883 g/mol. The summed E-state index contributed by atoms with van der Waals surface area (Å²) in [5, 5.41) is 32.2. The number of hydrogen-bond acceptors (Lipinski definition) is 8. The summed E-state index contributed by atoms with van der Waals surface area (Å²) in [6.07, 6.45) is -0.165. The molecule has 0 aliphatic rings. The molecule has 0 spiro atoms. The van der Waals surface area contributed by atoms with Crippen molar-refractivity contribution in [2.75, 3.05) is 0 Å². The molecule has 0 radical (unpaired) electrons. The number of H-pyrrole nitrogens is 1. The minimum atomic E-state index is -0.915. The number of ether oxygens (including phenoxy) is 2. The maximum Gasteiger partial charge on any atom is 0.307 e. The van der Waals surface area contributed by atoms with E-state index in [0.717, 1.165) is 5.56 Å². The maximum atomic E-state index is 11.7. The van der Waals surface area contributed by atoms with Gasteiger partial charge in [-0.3, -0.25) is 14.4 Å². The van der Waals surface area contributed by atoms with E-state index < -0.39 is 11.9 Å². The van der Waals surface area contributed by atoms with Crippen molar-refractivity contribution in [2.45, 2.75) is 52.4 Å². The third kappa shape index (κ3) is 10.6. The fourth-order valence-corrected chi connectivity index (χ4v) is 7.09. The van der Waals surface area contributed by atoms with E-state index in [2.05, 4.69) is 84.1 Å². The summed E-state index contributed by atoms with van der Waals surface area (Å²) in [5.41, 5.74) is 2.44. The molecule has 0 fully saturated rings. The first-order valence-electron chi connectivity index (χ1n) is 13.4. The lowest BCUT2D eigenvalue weighted by atomic mass is 10.1. The number of aliphatic carboxylic acids is 2. The Labute approximate surface area is 302 Å². The van der Waals surface area contributed by atoms with E-state index in [9.17, 15) is 14.4 Å². The van der Waals surface area contributed by atoms with Gasteiger partial charge < -0.3 is 19.7 Å². The Kier molecular flexibility index (Phi) is 13.7. The molecule has 4 rings (SSSR count). The molecule has 3 N–H and O–H groups in total. The molecule has 0 saturated carbocycles. The van der Waals surface area contributed by atoms with Crippen molar-refractivity contribution < 1.29 is 29.3 Å². The first-order chi connectivity index (χ1) is 21.5. The van der Waals surface area contributed by atoms with Crippen molar-refractivity contribution in [3.05, 3.63) is 92.0 Å². The lowest BCUT2D eigenvalue weighted by molar-refractivity contribution is -0.137. The summed E-state index contributed by atoms with van der Waals surface area (Å²) in [7, 11) is 0. The third-order valence-corrected chi connectivity index (χ3v) is 8.70. The van der Waals surface area contributed by atoms with E-state index in [4.69, 9.17) is 31.3 Å². The fourth-order valence-electron chi connectivity index (χ4n) is 3.89. The highest BCUT2D eigenvalue weighted by atomic mass is 79.9. The summed E-state index contributed by atoms with van der Waals surface area (Å²) >= 11 is 19.5. The predicted octanol–water partition coefficient (Wildman–Crippen LogP) is 9.04. The fraction of sp³-hybridized carbons (Fsp3) is 0.267. The van der Waals surface area contributed by atoms with E-state index in [0.29, 0.717) is 57.1 Å². The molecule has 0 aliphatic carbocycles. The maximum absolute atomic E-state index is 11.7. The van der Waals surface area contributed by atoms with Gasteiger partial charge in [-0.2, -0.15) is 0 Å². The minimum Gasteiger partial charge on any atom is -0.481 e. The number of aromatic nitrogens is 4. The largest absolute Gasteiger partial charge is 0.481 e. The van der Waals surface area contributed by atoms with Crippen molar-refractivity contribution in [2.24, 2.45) is 0 Å². The van der Waals surface area contributed by atoms with Crippen molar-refractivity contribution in [3.63, 3.8) is 0 Å². The van der Waals surface area contributed by atoms with Crippen LogP contribution in [0.4, 0.5) is 0 Å². The van der Waals surface area contributed by atoms with Gasteiger partial charge in [-0.25, -0.2) is 5.10 Å². The van der Waals surface area contributed by atoms with Crippen molar-refractivity contribution in [3.8, 4) is 23.3 Å². The number of hydrogen-bond donors (Lipinski definition) is 3. The van der Waals surface area contributed by atoms with Crippen LogP contribution in [0.25, 0.3) is 0 Å². The molecule has 16 heteroatoms. The molecule has 4 aromatic rings. The average Bonchev–Trinajstić information content (AvgIpc) is 2.94. The number of nitrogens with zero attached hydrogens (tertiary/aromatic N) is 3. The Morgan fingerprint density at radius 1 is 0.739 bits per heavy atom. The lowest BCUT2D eigenvalue weighted by Gasteiger charge is -2.12. The molecular formula is C30H27Br4ClN4O7. The summed E-state index contributed by atoms with van der Waals surface area (Å²) in [5.74, 6) is -0.0897. The molecule has 2 aromatic heterocycles. The van der Waals surface area contributed by atoms with Gasteiger partial charge in [-0.15, -0.1) is 15.3 Å². The molecule has 244 valence electrons. The van der Waals surface area contributed by atoms with Crippen LogP contribution in [0.15, 0.2) is 59.1 Å². The molecule has 11 nitrogen and oxygen atoms in total. The summed E-state index contributed by atoms with van der Waals surface area (Å²) in [4.78, 5) is 33.3. The van der Waals surface area contributed by atoms with E-state index in [1.165, 1.54) is 0 Å². The highest BCUT2D eigenvalue weighted by Crippen LogP contribution is 2.39. The van der Waals surface area contributed by atoms with Crippen molar-refractivity contribution in [1.82, 2.24) is 20.4 Å². The zero-order valence-corrected chi connectivity index (χ0v) is 31.8. The molecule has 0 unspecified atom stereocenters. The standard InChI is InChI=1S/C15H13Br2ClN2O3.C15H14Br2N2O4/c1-7(2)9-6-12(19-20-15(9)18)23-14-10(16)3-8(4-11(14)17)5-13(21)22;1-7(2)9-6-12(18-19-15(9)22)23-14-10(16)3-8(4-11(14)17)5-13(20)21/h3-4,6-7H,5H2,1-2H3,(H,21,22);3-4,6-7H,5H2,1-2H3,(H,19,22)(H,20,21). The second-order valence-corrected chi connectivity index (χ2v) is 14.1. The van der Waals surface area contributed by atoms with Crippen molar-refractivity contribution >= 4 is 87.3 Å². The van der Waals surface area contributed by atoms with Gasteiger partial charge in [0, 0.05) is 17.7 Å². The Morgan fingerprint density at radius 3 is 1.57 bits per heavy atom.